The third-order valence-electron chi connectivity index (χ3n) is 7.33. The van der Waals surface area contributed by atoms with E-state index in [1.807, 2.05) is 24.3 Å². The minimum Gasteiger partial charge on any atom is -0.354 e. The van der Waals surface area contributed by atoms with Gasteiger partial charge in [0, 0.05) is 22.1 Å². The maximum absolute atomic E-state index is 13.3. The number of hydrogen-bond acceptors (Lipinski definition) is 2. The first-order valence-electron chi connectivity index (χ1n) is 10.6. The van der Waals surface area contributed by atoms with Crippen LogP contribution in [0.3, 0.4) is 0 Å². The van der Waals surface area contributed by atoms with Gasteiger partial charge in [-0.15, -0.1) is 0 Å². The molecule has 152 valence electrons. The number of fused-ring (bicyclic) bond motifs is 4. The van der Waals surface area contributed by atoms with Gasteiger partial charge in [0.15, 0.2) is 0 Å². The van der Waals surface area contributed by atoms with Crippen molar-refractivity contribution >= 4 is 29.1 Å². The largest absolute Gasteiger partial charge is 0.354 e. The molecule has 4 aliphatic rings. The van der Waals surface area contributed by atoms with Crippen LogP contribution in [0.4, 0.5) is 0 Å². The van der Waals surface area contributed by atoms with E-state index in [0.29, 0.717) is 0 Å². The fourth-order valence-corrected chi connectivity index (χ4v) is 6.20. The predicted molar refractivity (Wildman–Crippen MR) is 118 cm³/mol. The molecule has 0 aromatic heterocycles. The highest BCUT2D eigenvalue weighted by molar-refractivity contribution is 6.30. The van der Waals surface area contributed by atoms with Crippen LogP contribution in [0.15, 0.2) is 48.5 Å². The van der Waals surface area contributed by atoms with Gasteiger partial charge in [0.05, 0.1) is 5.92 Å². The summed E-state index contributed by atoms with van der Waals surface area (Å²) in [6.07, 6.45) is 4.52. The molecule has 2 atom stereocenters. The molecule has 1 amide bonds. The molecular weight excluding hydrogens is 403 g/mol. The highest BCUT2D eigenvalue weighted by Gasteiger charge is 2.54. The topological polar surface area (TPSA) is 32.3 Å². The SMILES string of the molecule is O=C1NCC2(N3CCCC3)CC(c3ccc(Cl)cc3)C1C(c1ccc(Cl)cc1)C2. The van der Waals surface area contributed by atoms with Gasteiger partial charge in [-0.2, -0.15) is 0 Å². The maximum Gasteiger partial charge on any atom is 0.224 e. The van der Waals surface area contributed by atoms with Crippen LogP contribution in [0.2, 0.25) is 10.0 Å². The van der Waals surface area contributed by atoms with E-state index in [1.165, 1.54) is 24.0 Å². The second kappa shape index (κ2) is 7.61. The van der Waals surface area contributed by atoms with Gasteiger partial charge in [0.25, 0.3) is 0 Å². The molecule has 2 unspecified atom stereocenters. The lowest BCUT2D eigenvalue weighted by Crippen LogP contribution is -2.55. The van der Waals surface area contributed by atoms with Crippen LogP contribution < -0.4 is 5.32 Å². The van der Waals surface area contributed by atoms with Crippen LogP contribution >= 0.6 is 23.2 Å². The molecule has 1 N–H and O–H groups in total. The number of carbonyl (C=O) groups is 1. The minimum atomic E-state index is -0.0735. The lowest BCUT2D eigenvalue weighted by atomic mass is 9.61. The Morgan fingerprint density at radius 2 is 1.31 bits per heavy atom. The van der Waals surface area contributed by atoms with Crippen molar-refractivity contribution in [3.05, 3.63) is 69.7 Å². The fourth-order valence-electron chi connectivity index (χ4n) is 5.95. The van der Waals surface area contributed by atoms with E-state index in [9.17, 15) is 4.79 Å². The quantitative estimate of drug-likeness (QED) is 0.724. The molecule has 3 aliphatic heterocycles. The van der Waals surface area contributed by atoms with Crippen LogP contribution in [-0.4, -0.2) is 36.0 Å². The summed E-state index contributed by atoms with van der Waals surface area (Å²) in [7, 11) is 0. The maximum atomic E-state index is 13.3. The molecule has 2 bridgehead atoms. The summed E-state index contributed by atoms with van der Waals surface area (Å²) in [4.78, 5) is 16.0. The van der Waals surface area contributed by atoms with Crippen molar-refractivity contribution in [3.63, 3.8) is 0 Å². The molecule has 3 nitrogen and oxygen atoms in total. The van der Waals surface area contributed by atoms with Gasteiger partial charge in [-0.25, -0.2) is 0 Å². The van der Waals surface area contributed by atoms with Crippen molar-refractivity contribution in [3.8, 4) is 0 Å². The summed E-state index contributed by atoms with van der Waals surface area (Å²) >= 11 is 12.3. The number of rotatable bonds is 3. The number of nitrogens with zero attached hydrogens (tertiary/aromatic N) is 1. The van der Waals surface area contributed by atoms with E-state index in [0.717, 1.165) is 42.5 Å². The zero-order chi connectivity index (χ0) is 20.0. The molecule has 2 aromatic carbocycles. The molecular formula is C24H26Cl2N2O. The molecule has 1 saturated carbocycles. The van der Waals surface area contributed by atoms with Crippen molar-refractivity contribution in [2.45, 2.75) is 43.1 Å². The van der Waals surface area contributed by atoms with Crippen molar-refractivity contribution in [1.82, 2.24) is 10.2 Å². The summed E-state index contributed by atoms with van der Waals surface area (Å²) < 4.78 is 0. The Bertz CT molecular complexity index is 835. The van der Waals surface area contributed by atoms with Crippen LogP contribution in [0.25, 0.3) is 0 Å². The Morgan fingerprint density at radius 3 is 1.79 bits per heavy atom. The van der Waals surface area contributed by atoms with Gasteiger partial charge < -0.3 is 5.32 Å². The van der Waals surface area contributed by atoms with Gasteiger partial charge in [0.2, 0.25) is 5.91 Å². The van der Waals surface area contributed by atoms with E-state index in [-0.39, 0.29) is 29.2 Å². The molecule has 3 heterocycles. The molecule has 0 spiro atoms. The Balaban J connectivity index is 1.62. The summed E-state index contributed by atoms with van der Waals surface area (Å²) in [5.74, 6) is 0.480. The van der Waals surface area contributed by atoms with E-state index in [1.54, 1.807) is 0 Å². The van der Waals surface area contributed by atoms with Crippen molar-refractivity contribution in [1.29, 1.82) is 0 Å². The van der Waals surface area contributed by atoms with E-state index >= 15 is 0 Å². The van der Waals surface area contributed by atoms with E-state index in [2.05, 4.69) is 34.5 Å². The summed E-state index contributed by atoms with van der Waals surface area (Å²) in [6.45, 7) is 3.00. The molecule has 4 fully saturated rings. The zero-order valence-corrected chi connectivity index (χ0v) is 17.9. The number of halogens is 2. The molecule has 0 radical (unpaired) electrons. The number of nitrogens with one attached hydrogen (secondary N) is 1. The average molecular weight is 429 g/mol. The molecule has 29 heavy (non-hydrogen) atoms. The highest BCUT2D eigenvalue weighted by atomic mass is 35.5. The van der Waals surface area contributed by atoms with Crippen LogP contribution in [0, 0.1) is 5.92 Å². The monoisotopic (exact) mass is 428 g/mol. The van der Waals surface area contributed by atoms with Crippen molar-refractivity contribution in [2.24, 2.45) is 5.92 Å². The van der Waals surface area contributed by atoms with Gasteiger partial charge in [-0.05, 0) is 86.0 Å². The lowest BCUT2D eigenvalue weighted by molar-refractivity contribution is -0.125. The first kappa shape index (κ1) is 19.4. The molecule has 6 rings (SSSR count). The predicted octanol–water partition coefficient (Wildman–Crippen LogP) is 5.24. The number of carbonyl (C=O) groups excluding carboxylic acids is 1. The van der Waals surface area contributed by atoms with Crippen molar-refractivity contribution < 1.29 is 4.79 Å². The van der Waals surface area contributed by atoms with Gasteiger partial charge >= 0.3 is 0 Å². The van der Waals surface area contributed by atoms with Crippen LogP contribution in [0.5, 0.6) is 0 Å². The van der Waals surface area contributed by atoms with Crippen molar-refractivity contribution in [2.75, 3.05) is 19.6 Å². The second-order valence-electron chi connectivity index (χ2n) is 8.89. The van der Waals surface area contributed by atoms with E-state index in [4.69, 9.17) is 23.2 Å². The summed E-state index contributed by atoms with van der Waals surface area (Å²) in [6, 6.07) is 16.2. The molecule has 1 aliphatic carbocycles. The zero-order valence-electron chi connectivity index (χ0n) is 16.4. The number of likely N-dealkylation sites (tertiary alicyclic amines) is 1. The molecule has 3 saturated heterocycles. The van der Waals surface area contributed by atoms with Gasteiger partial charge in [-0.3, -0.25) is 9.69 Å². The number of benzene rings is 2. The third-order valence-corrected chi connectivity index (χ3v) is 7.84. The van der Waals surface area contributed by atoms with Gasteiger partial charge in [-0.1, -0.05) is 47.5 Å². The number of hydrogen-bond donors (Lipinski definition) is 1. The smallest absolute Gasteiger partial charge is 0.224 e. The van der Waals surface area contributed by atoms with E-state index < -0.39 is 0 Å². The van der Waals surface area contributed by atoms with Crippen LogP contribution in [0.1, 0.15) is 48.6 Å². The minimum absolute atomic E-state index is 0.00770. The normalized spacial score (nSPS) is 32.2. The van der Waals surface area contributed by atoms with Crippen LogP contribution in [-0.2, 0) is 4.79 Å². The second-order valence-corrected chi connectivity index (χ2v) is 9.76. The first-order valence-corrected chi connectivity index (χ1v) is 11.4. The Kier molecular flexibility index (Phi) is 5.09. The Hall–Kier alpha value is -1.55. The Morgan fingerprint density at radius 1 is 0.828 bits per heavy atom. The first-order chi connectivity index (χ1) is 14.1. The standard InChI is InChI=1S/C24H26Cl2N2O/c25-18-7-3-16(4-8-18)20-13-24(28-11-1-2-12-28)14-21(22(20)23(29)27-15-24)17-5-9-19(26)10-6-17/h3-10,20-22H,1-2,11-15H2,(H,27,29). The lowest BCUT2D eigenvalue weighted by Gasteiger charge is -2.49. The van der Waals surface area contributed by atoms with Gasteiger partial charge in [0.1, 0.15) is 0 Å². The average Bonchev–Trinajstić information content (AvgIpc) is 3.19. The third kappa shape index (κ3) is 3.48. The summed E-state index contributed by atoms with van der Waals surface area (Å²) in [5.41, 5.74) is 2.45. The summed E-state index contributed by atoms with van der Waals surface area (Å²) in [5, 5.41) is 4.79. The fraction of sp³-hybridized carbons (Fsp3) is 0.458. The Labute approximate surface area is 182 Å². The highest BCUT2D eigenvalue weighted by Crippen LogP contribution is 2.54. The molecule has 5 heteroatoms. The molecule has 2 aromatic rings. The number of amides is 1.